The van der Waals surface area contributed by atoms with E-state index in [-0.39, 0.29) is 0 Å². The predicted octanol–water partition coefficient (Wildman–Crippen LogP) is 2.51. The van der Waals surface area contributed by atoms with Crippen molar-refractivity contribution in [2.24, 2.45) is 0 Å². The summed E-state index contributed by atoms with van der Waals surface area (Å²) in [5, 5.41) is 0. The third-order valence-electron chi connectivity index (χ3n) is 3.76. The Hall–Kier alpha value is -0.570. The minimum Gasteiger partial charge on any atom is -0.339 e. The smallest absolute Gasteiger partial charge is 0.236 e. The average molecular weight is 240 g/mol. The summed E-state index contributed by atoms with van der Waals surface area (Å²) in [4.78, 5) is 16.6. The molecule has 0 aromatic carbocycles. The zero-order valence-corrected chi connectivity index (χ0v) is 11.7. The van der Waals surface area contributed by atoms with Crippen LogP contribution in [0, 0.1) is 0 Å². The van der Waals surface area contributed by atoms with Gasteiger partial charge in [0.05, 0.1) is 6.54 Å². The normalized spacial score (nSPS) is 20.9. The van der Waals surface area contributed by atoms with Crippen LogP contribution < -0.4 is 0 Å². The summed E-state index contributed by atoms with van der Waals surface area (Å²) in [5.74, 6) is 0.329. The van der Waals surface area contributed by atoms with Crippen molar-refractivity contribution in [3.05, 3.63) is 0 Å². The zero-order valence-electron chi connectivity index (χ0n) is 11.7. The molecule has 0 aliphatic carbocycles. The third-order valence-corrected chi connectivity index (χ3v) is 3.76. The molecule has 1 atom stereocenters. The molecule has 0 saturated carbocycles. The molecule has 0 radical (unpaired) electrons. The van der Waals surface area contributed by atoms with Crippen molar-refractivity contribution in [3.8, 4) is 0 Å². The number of hydrogen-bond donors (Lipinski definition) is 0. The number of likely N-dealkylation sites (N-methyl/N-ethyl adjacent to an activating group) is 1. The molecule has 1 heterocycles. The molecule has 0 aromatic rings. The Morgan fingerprint density at radius 3 is 2.71 bits per heavy atom. The summed E-state index contributed by atoms with van der Waals surface area (Å²) in [5.41, 5.74) is 0. The molecule has 0 aromatic heterocycles. The molecule has 1 amide bonds. The van der Waals surface area contributed by atoms with Crippen LogP contribution in [0.25, 0.3) is 0 Å². The van der Waals surface area contributed by atoms with E-state index in [1.54, 1.807) is 0 Å². The first kappa shape index (κ1) is 14.5. The van der Waals surface area contributed by atoms with Crippen molar-refractivity contribution < 1.29 is 4.79 Å². The Morgan fingerprint density at radius 1 is 1.35 bits per heavy atom. The Labute approximate surface area is 106 Å². The highest BCUT2D eigenvalue weighted by molar-refractivity contribution is 5.78. The van der Waals surface area contributed by atoms with Gasteiger partial charge in [0, 0.05) is 12.6 Å². The van der Waals surface area contributed by atoms with Gasteiger partial charge in [-0.05, 0) is 45.7 Å². The highest BCUT2D eigenvalue weighted by Gasteiger charge is 2.23. The molecule has 1 rings (SSSR count). The summed E-state index contributed by atoms with van der Waals surface area (Å²) in [6, 6.07) is 0.445. The van der Waals surface area contributed by atoms with E-state index in [0.29, 0.717) is 18.5 Å². The number of carbonyl (C=O) groups is 1. The van der Waals surface area contributed by atoms with E-state index >= 15 is 0 Å². The average Bonchev–Trinajstić information content (AvgIpc) is 2.34. The molecular formula is C14H28N2O. The van der Waals surface area contributed by atoms with E-state index in [2.05, 4.69) is 30.6 Å². The van der Waals surface area contributed by atoms with Gasteiger partial charge in [-0.1, -0.05) is 20.3 Å². The number of nitrogens with zero attached hydrogens (tertiary/aromatic N) is 2. The highest BCUT2D eigenvalue weighted by Crippen LogP contribution is 2.16. The number of carbonyl (C=O) groups excluding carboxylic acids is 1. The van der Waals surface area contributed by atoms with E-state index in [4.69, 9.17) is 0 Å². The van der Waals surface area contributed by atoms with Crippen LogP contribution in [0.2, 0.25) is 0 Å². The van der Waals surface area contributed by atoms with E-state index in [0.717, 1.165) is 19.6 Å². The van der Waals surface area contributed by atoms with Crippen molar-refractivity contribution in [1.82, 2.24) is 9.80 Å². The van der Waals surface area contributed by atoms with E-state index in [1.807, 2.05) is 0 Å². The molecule has 0 bridgehead atoms. The number of likely N-dealkylation sites (tertiary alicyclic amines) is 1. The maximum absolute atomic E-state index is 12.2. The van der Waals surface area contributed by atoms with Crippen LogP contribution in [0.3, 0.4) is 0 Å². The second kappa shape index (κ2) is 7.70. The Bertz CT molecular complexity index is 230. The van der Waals surface area contributed by atoms with E-state index < -0.39 is 0 Å². The van der Waals surface area contributed by atoms with Crippen LogP contribution in [-0.2, 0) is 4.79 Å². The Kier molecular flexibility index (Phi) is 6.56. The van der Waals surface area contributed by atoms with Gasteiger partial charge in [0.25, 0.3) is 0 Å². The van der Waals surface area contributed by atoms with Gasteiger partial charge in [-0.25, -0.2) is 0 Å². The van der Waals surface area contributed by atoms with Crippen molar-refractivity contribution >= 4 is 5.91 Å². The van der Waals surface area contributed by atoms with Crippen LogP contribution in [0.1, 0.15) is 52.9 Å². The minimum atomic E-state index is 0.329. The summed E-state index contributed by atoms with van der Waals surface area (Å²) in [7, 11) is 0. The number of piperidine rings is 1. The van der Waals surface area contributed by atoms with Gasteiger partial charge in [0.2, 0.25) is 5.91 Å². The van der Waals surface area contributed by atoms with Crippen molar-refractivity contribution in [3.63, 3.8) is 0 Å². The molecule has 3 nitrogen and oxygen atoms in total. The summed E-state index contributed by atoms with van der Waals surface area (Å²) in [6.07, 6.45) is 6.02. The monoisotopic (exact) mass is 240 g/mol. The van der Waals surface area contributed by atoms with Crippen LogP contribution >= 0.6 is 0 Å². The fraction of sp³-hybridized carbons (Fsp3) is 0.929. The van der Waals surface area contributed by atoms with Gasteiger partial charge in [0.15, 0.2) is 0 Å². The van der Waals surface area contributed by atoms with Crippen LogP contribution in [0.5, 0.6) is 0 Å². The molecule has 1 aliphatic heterocycles. The third kappa shape index (κ3) is 4.66. The van der Waals surface area contributed by atoms with Gasteiger partial charge in [0.1, 0.15) is 0 Å². The molecule has 1 aliphatic rings. The molecule has 1 unspecified atom stereocenters. The summed E-state index contributed by atoms with van der Waals surface area (Å²) >= 11 is 0. The Morgan fingerprint density at radius 2 is 2.12 bits per heavy atom. The van der Waals surface area contributed by atoms with Gasteiger partial charge < -0.3 is 4.90 Å². The first-order valence-electron chi connectivity index (χ1n) is 7.20. The molecule has 1 fully saturated rings. The number of hydrogen-bond acceptors (Lipinski definition) is 2. The molecule has 100 valence electrons. The topological polar surface area (TPSA) is 23.6 Å². The lowest BCUT2D eigenvalue weighted by Crippen LogP contribution is -2.47. The fourth-order valence-electron chi connectivity index (χ4n) is 2.48. The highest BCUT2D eigenvalue weighted by atomic mass is 16.2. The Balaban J connectivity index is 2.39. The largest absolute Gasteiger partial charge is 0.339 e. The van der Waals surface area contributed by atoms with Crippen molar-refractivity contribution in [1.29, 1.82) is 0 Å². The first-order chi connectivity index (χ1) is 8.19. The summed E-state index contributed by atoms with van der Waals surface area (Å²) in [6.45, 7) is 10.1. The van der Waals surface area contributed by atoms with Crippen LogP contribution in [-0.4, -0.2) is 47.9 Å². The second-order valence-electron chi connectivity index (χ2n) is 5.15. The fourth-order valence-corrected chi connectivity index (χ4v) is 2.48. The molecule has 0 N–H and O–H groups in total. The molecule has 0 spiro atoms. The molecule has 17 heavy (non-hydrogen) atoms. The van der Waals surface area contributed by atoms with Crippen molar-refractivity contribution in [2.75, 3.05) is 26.2 Å². The maximum atomic E-state index is 12.2. The molecule has 3 heteroatoms. The van der Waals surface area contributed by atoms with Gasteiger partial charge >= 0.3 is 0 Å². The SMILES string of the molecule is CCCCN(CC)CC(=O)N1CCCCC1C. The lowest BCUT2D eigenvalue weighted by molar-refractivity contribution is -0.135. The lowest BCUT2D eigenvalue weighted by Gasteiger charge is -2.35. The van der Waals surface area contributed by atoms with Gasteiger partial charge in [-0.2, -0.15) is 0 Å². The van der Waals surface area contributed by atoms with Gasteiger partial charge in [-0.15, -0.1) is 0 Å². The summed E-state index contributed by atoms with van der Waals surface area (Å²) < 4.78 is 0. The van der Waals surface area contributed by atoms with E-state index in [9.17, 15) is 4.79 Å². The van der Waals surface area contributed by atoms with Crippen LogP contribution in [0.4, 0.5) is 0 Å². The molecular weight excluding hydrogens is 212 g/mol. The first-order valence-corrected chi connectivity index (χ1v) is 7.20. The molecule has 1 saturated heterocycles. The van der Waals surface area contributed by atoms with Crippen molar-refractivity contribution in [2.45, 2.75) is 58.9 Å². The minimum absolute atomic E-state index is 0.329. The standard InChI is InChI=1S/C14H28N2O/c1-4-6-10-15(5-2)12-14(17)16-11-8-7-9-13(16)3/h13H,4-12H2,1-3H3. The van der Waals surface area contributed by atoms with Crippen LogP contribution in [0.15, 0.2) is 0 Å². The number of unbranched alkanes of at least 4 members (excludes halogenated alkanes) is 1. The van der Waals surface area contributed by atoms with Gasteiger partial charge in [-0.3, -0.25) is 9.69 Å². The maximum Gasteiger partial charge on any atom is 0.236 e. The van der Waals surface area contributed by atoms with E-state index in [1.165, 1.54) is 32.1 Å². The number of rotatable bonds is 6. The second-order valence-corrected chi connectivity index (χ2v) is 5.15. The quantitative estimate of drug-likeness (QED) is 0.712. The predicted molar refractivity (Wildman–Crippen MR) is 72.0 cm³/mol. The zero-order chi connectivity index (χ0) is 12.7. The number of amides is 1. The lowest BCUT2D eigenvalue weighted by atomic mass is 10.0.